The van der Waals surface area contributed by atoms with Crippen LogP contribution in [0.3, 0.4) is 0 Å². The standard InChI is InChI=1S/C56H36N4/c1-4-15-35(16-5-1)54-53-47-34-38(28-31-51(47)59(39-19-8-3-9-20-39)56(53)58-55(57-54)36-17-6-2-7-18-36)37-27-30-50-46(33-37)42-23-12-13-26-48(42)60(50)49-32-29-44-41-22-11-10-21-40(41)43-24-14-25-45(49)52(43)44/h1-34,56H,(H,57,58). The van der Waals surface area contributed by atoms with Crippen molar-refractivity contribution in [1.29, 1.82) is 0 Å². The predicted molar refractivity (Wildman–Crippen MR) is 250 cm³/mol. The number of fused-ring (bicyclic) bond motifs is 9. The second kappa shape index (κ2) is 12.8. The van der Waals surface area contributed by atoms with Gasteiger partial charge in [-0.2, -0.15) is 0 Å². The molecule has 280 valence electrons. The number of benzene rings is 9. The normalized spacial score (nSPS) is 15.0. The molecule has 1 atom stereocenters. The number of aliphatic imine (C=N–C) groups is 1. The first-order chi connectivity index (χ1) is 29.8. The lowest BCUT2D eigenvalue weighted by molar-refractivity contribution is 0.768. The van der Waals surface area contributed by atoms with Gasteiger partial charge in [0.25, 0.3) is 0 Å². The molecule has 4 nitrogen and oxygen atoms in total. The van der Waals surface area contributed by atoms with Crippen molar-refractivity contribution in [1.82, 2.24) is 9.88 Å². The maximum atomic E-state index is 5.40. The van der Waals surface area contributed by atoms with Crippen molar-refractivity contribution in [2.75, 3.05) is 4.90 Å². The summed E-state index contributed by atoms with van der Waals surface area (Å²) < 4.78 is 2.47. The van der Waals surface area contributed by atoms with Crippen LogP contribution in [0.1, 0.15) is 16.7 Å². The molecule has 1 aromatic heterocycles. The Balaban J connectivity index is 1.01. The molecule has 0 saturated carbocycles. The molecule has 4 heteroatoms. The third-order valence-corrected chi connectivity index (χ3v) is 12.7. The third-order valence-electron chi connectivity index (χ3n) is 12.7. The Morgan fingerprint density at radius 1 is 0.400 bits per heavy atom. The van der Waals surface area contributed by atoms with E-state index in [-0.39, 0.29) is 6.17 Å². The van der Waals surface area contributed by atoms with Gasteiger partial charge < -0.3 is 14.8 Å². The largest absolute Gasteiger partial charge is 0.345 e. The van der Waals surface area contributed by atoms with Gasteiger partial charge in [-0.3, -0.25) is 0 Å². The maximum Gasteiger partial charge on any atom is 0.135 e. The number of nitrogens with zero attached hydrogens (tertiary/aromatic N) is 3. The number of para-hydroxylation sites is 2. The first-order valence-corrected chi connectivity index (χ1v) is 20.7. The van der Waals surface area contributed by atoms with Crippen molar-refractivity contribution in [2.24, 2.45) is 4.99 Å². The molecule has 2 aliphatic heterocycles. The molecular formula is C56H36N4. The number of rotatable bonds is 5. The summed E-state index contributed by atoms with van der Waals surface area (Å²) >= 11 is 0. The van der Waals surface area contributed by atoms with Gasteiger partial charge >= 0.3 is 0 Å². The van der Waals surface area contributed by atoms with E-state index in [4.69, 9.17) is 4.99 Å². The predicted octanol–water partition coefficient (Wildman–Crippen LogP) is 13.6. The Labute approximate surface area is 347 Å². The van der Waals surface area contributed by atoms with E-state index in [1.54, 1.807) is 0 Å². The zero-order valence-electron chi connectivity index (χ0n) is 32.5. The lowest BCUT2D eigenvalue weighted by Crippen LogP contribution is -2.46. The van der Waals surface area contributed by atoms with E-state index in [0.29, 0.717) is 0 Å². The smallest absolute Gasteiger partial charge is 0.135 e. The first-order valence-electron chi connectivity index (χ1n) is 20.7. The molecule has 0 fully saturated rings. The number of hydrogen-bond acceptors (Lipinski definition) is 3. The minimum atomic E-state index is -0.161. The van der Waals surface area contributed by atoms with E-state index >= 15 is 0 Å². The molecule has 1 unspecified atom stereocenters. The van der Waals surface area contributed by atoms with Crippen LogP contribution in [0.15, 0.2) is 211 Å². The van der Waals surface area contributed by atoms with Gasteiger partial charge in [0.1, 0.15) is 12.0 Å². The Kier molecular flexibility index (Phi) is 7.04. The number of amidine groups is 1. The number of nitrogens with one attached hydrogen (secondary N) is 1. The molecule has 10 aromatic rings. The summed E-state index contributed by atoms with van der Waals surface area (Å²) in [6, 6.07) is 74.9. The molecule has 0 radical (unpaired) electrons. The highest BCUT2D eigenvalue weighted by Gasteiger charge is 2.40. The van der Waals surface area contributed by atoms with Crippen LogP contribution in [0.5, 0.6) is 0 Å². The molecule has 3 aliphatic rings. The van der Waals surface area contributed by atoms with Crippen molar-refractivity contribution in [2.45, 2.75) is 6.17 Å². The van der Waals surface area contributed by atoms with Gasteiger partial charge in [-0.25, -0.2) is 4.99 Å². The zero-order chi connectivity index (χ0) is 39.3. The van der Waals surface area contributed by atoms with Gasteiger partial charge in [0.05, 0.1) is 28.1 Å². The van der Waals surface area contributed by atoms with E-state index in [1.165, 1.54) is 82.8 Å². The molecule has 1 aliphatic carbocycles. The Bertz CT molecular complexity index is 3420. The van der Waals surface area contributed by atoms with Crippen LogP contribution in [0.2, 0.25) is 0 Å². The fraction of sp³-hybridized carbons (Fsp3) is 0.0179. The fourth-order valence-corrected chi connectivity index (χ4v) is 10.1. The lowest BCUT2D eigenvalue weighted by atomic mass is 9.94. The third kappa shape index (κ3) is 4.76. The molecule has 13 rings (SSSR count). The molecule has 60 heavy (non-hydrogen) atoms. The van der Waals surface area contributed by atoms with Crippen LogP contribution >= 0.6 is 0 Å². The first kappa shape index (κ1) is 33.1. The summed E-state index contributed by atoms with van der Waals surface area (Å²) in [6.07, 6.45) is -0.161. The van der Waals surface area contributed by atoms with E-state index < -0.39 is 0 Å². The van der Waals surface area contributed by atoms with Gasteiger partial charge in [-0.1, -0.05) is 158 Å². The summed E-state index contributed by atoms with van der Waals surface area (Å²) in [5.41, 5.74) is 19.0. The van der Waals surface area contributed by atoms with E-state index in [9.17, 15) is 0 Å². The van der Waals surface area contributed by atoms with Crippen molar-refractivity contribution in [3.8, 4) is 39.1 Å². The van der Waals surface area contributed by atoms with Crippen molar-refractivity contribution in [3.63, 3.8) is 0 Å². The summed E-state index contributed by atoms with van der Waals surface area (Å²) in [5, 5.41) is 8.97. The van der Waals surface area contributed by atoms with Gasteiger partial charge in [-0.15, -0.1) is 0 Å². The summed E-state index contributed by atoms with van der Waals surface area (Å²) in [6.45, 7) is 0. The Hall–Kier alpha value is -7.95. The van der Waals surface area contributed by atoms with Crippen molar-refractivity contribution in [3.05, 3.63) is 223 Å². The summed E-state index contributed by atoms with van der Waals surface area (Å²) in [7, 11) is 0. The number of aromatic nitrogens is 1. The van der Waals surface area contributed by atoms with E-state index in [2.05, 4.69) is 221 Å². The average Bonchev–Trinajstić information content (AvgIpc) is 3.96. The molecule has 0 amide bonds. The topological polar surface area (TPSA) is 32.6 Å². The summed E-state index contributed by atoms with van der Waals surface area (Å²) in [4.78, 5) is 7.84. The van der Waals surface area contributed by atoms with Crippen LogP contribution in [0.25, 0.3) is 82.9 Å². The lowest BCUT2D eigenvalue weighted by Gasteiger charge is -2.33. The van der Waals surface area contributed by atoms with Crippen molar-refractivity contribution >= 4 is 61.1 Å². The molecule has 3 heterocycles. The highest BCUT2D eigenvalue weighted by molar-refractivity contribution is 6.19. The van der Waals surface area contributed by atoms with Crippen LogP contribution in [0.4, 0.5) is 11.4 Å². The second-order valence-electron chi connectivity index (χ2n) is 15.9. The van der Waals surface area contributed by atoms with Gasteiger partial charge in [0, 0.05) is 44.1 Å². The SMILES string of the molecule is c1ccc(C2=NC(c3ccccc3)=C3c4cc(-c5ccc6c(c5)c5ccccc5n6-c5ccc6c7c(cccc57)-c5ccccc5-6)ccc4N(c4ccccc4)C3N2)cc1. The van der Waals surface area contributed by atoms with E-state index in [0.717, 1.165) is 34.0 Å². The average molecular weight is 765 g/mol. The zero-order valence-corrected chi connectivity index (χ0v) is 32.5. The Morgan fingerprint density at radius 3 is 1.80 bits per heavy atom. The maximum absolute atomic E-state index is 5.40. The van der Waals surface area contributed by atoms with Crippen LogP contribution < -0.4 is 10.2 Å². The number of anilines is 2. The molecule has 0 bridgehead atoms. The number of hydrogen-bond donors (Lipinski definition) is 1. The fourth-order valence-electron chi connectivity index (χ4n) is 10.1. The molecule has 9 aromatic carbocycles. The highest BCUT2D eigenvalue weighted by atomic mass is 15.3. The quantitative estimate of drug-likeness (QED) is 0.189. The Morgan fingerprint density at radius 2 is 1.00 bits per heavy atom. The molecule has 0 spiro atoms. The van der Waals surface area contributed by atoms with Crippen LogP contribution in [-0.4, -0.2) is 16.6 Å². The van der Waals surface area contributed by atoms with Crippen LogP contribution in [-0.2, 0) is 0 Å². The minimum Gasteiger partial charge on any atom is -0.345 e. The van der Waals surface area contributed by atoms with Crippen LogP contribution in [0, 0.1) is 0 Å². The molecule has 1 N–H and O–H groups in total. The summed E-state index contributed by atoms with van der Waals surface area (Å²) in [5.74, 6) is 0.865. The van der Waals surface area contributed by atoms with E-state index in [1.807, 2.05) is 0 Å². The van der Waals surface area contributed by atoms with Gasteiger partial charge in [0.15, 0.2) is 0 Å². The van der Waals surface area contributed by atoms with Gasteiger partial charge in [-0.05, 0) is 87.3 Å². The highest BCUT2D eigenvalue weighted by Crippen LogP contribution is 2.51. The molecule has 0 saturated heterocycles. The monoisotopic (exact) mass is 764 g/mol. The molecular weight excluding hydrogens is 729 g/mol. The minimum absolute atomic E-state index is 0.161. The second-order valence-corrected chi connectivity index (χ2v) is 15.9. The van der Waals surface area contributed by atoms with Gasteiger partial charge in [0.2, 0.25) is 0 Å². The van der Waals surface area contributed by atoms with Crippen molar-refractivity contribution < 1.29 is 0 Å².